The predicted octanol–water partition coefficient (Wildman–Crippen LogP) is 4.69. The molecule has 1 aromatic carbocycles. The number of aromatic nitrogens is 2. The third-order valence-corrected chi connectivity index (χ3v) is 3.79. The number of hydrogen-bond acceptors (Lipinski definition) is 5. The van der Waals surface area contributed by atoms with E-state index in [0.29, 0.717) is 0 Å². The zero-order valence-corrected chi connectivity index (χ0v) is 13.9. The van der Waals surface area contributed by atoms with Crippen molar-refractivity contribution in [3.63, 3.8) is 0 Å². The summed E-state index contributed by atoms with van der Waals surface area (Å²) in [6.07, 6.45) is 1.83. The first-order chi connectivity index (χ1) is 10.2. The fourth-order valence-electron chi connectivity index (χ4n) is 1.88. The van der Waals surface area contributed by atoms with Crippen LogP contribution in [0.3, 0.4) is 0 Å². The van der Waals surface area contributed by atoms with Crippen LogP contribution in [-0.4, -0.2) is 17.1 Å². The van der Waals surface area contributed by atoms with Gasteiger partial charge in [0.1, 0.15) is 11.6 Å². The molecule has 2 aromatic heterocycles. The molecule has 22 heavy (non-hydrogen) atoms. The van der Waals surface area contributed by atoms with Gasteiger partial charge in [-0.25, -0.2) is 9.97 Å². The second-order valence-electron chi connectivity index (χ2n) is 4.61. The molecule has 0 saturated carbocycles. The number of thiazole rings is 1. The van der Waals surface area contributed by atoms with E-state index in [1.54, 1.807) is 18.4 Å². The summed E-state index contributed by atoms with van der Waals surface area (Å²) >= 11 is 1.56. The standard InChI is InChI=1S/C16H15N3OS.ClH/c1-11-3-8-15(17-9-11)19-16-18-14(10-21-16)12-4-6-13(20-2)7-5-12;/h3-10H,1-2H3,(H,17,18,19);1H. The van der Waals surface area contributed by atoms with Gasteiger partial charge in [-0.15, -0.1) is 23.7 Å². The number of methoxy groups -OCH3 is 1. The highest BCUT2D eigenvalue weighted by Crippen LogP contribution is 2.27. The molecule has 0 amide bonds. The second kappa shape index (κ2) is 7.24. The van der Waals surface area contributed by atoms with E-state index < -0.39 is 0 Å². The lowest BCUT2D eigenvalue weighted by Crippen LogP contribution is -1.92. The number of benzene rings is 1. The van der Waals surface area contributed by atoms with Gasteiger partial charge in [0.25, 0.3) is 0 Å². The predicted molar refractivity (Wildman–Crippen MR) is 93.6 cm³/mol. The summed E-state index contributed by atoms with van der Waals surface area (Å²) in [4.78, 5) is 8.90. The van der Waals surface area contributed by atoms with Crippen molar-refractivity contribution in [3.05, 3.63) is 53.5 Å². The molecule has 0 fully saturated rings. The minimum atomic E-state index is 0. The summed E-state index contributed by atoms with van der Waals surface area (Å²) in [6.45, 7) is 2.02. The minimum Gasteiger partial charge on any atom is -0.497 e. The number of rotatable bonds is 4. The molecule has 6 heteroatoms. The smallest absolute Gasteiger partial charge is 0.188 e. The van der Waals surface area contributed by atoms with Crippen molar-refractivity contribution in [2.24, 2.45) is 0 Å². The summed E-state index contributed by atoms with van der Waals surface area (Å²) in [5.41, 5.74) is 3.15. The molecule has 0 saturated heterocycles. The second-order valence-corrected chi connectivity index (χ2v) is 5.47. The molecule has 0 aliphatic carbocycles. The Bertz CT molecular complexity index is 726. The maximum atomic E-state index is 5.16. The SMILES string of the molecule is COc1ccc(-c2csc(Nc3ccc(C)cn3)n2)cc1.Cl. The Morgan fingerprint density at radius 1 is 1.09 bits per heavy atom. The van der Waals surface area contributed by atoms with Gasteiger partial charge in [0.2, 0.25) is 0 Å². The third-order valence-electron chi connectivity index (χ3n) is 3.04. The number of nitrogens with zero attached hydrogens (tertiary/aromatic N) is 2. The van der Waals surface area contributed by atoms with Crippen molar-refractivity contribution in [2.45, 2.75) is 6.92 Å². The number of ether oxygens (including phenoxy) is 1. The molecule has 0 aliphatic rings. The third kappa shape index (κ3) is 3.75. The normalized spacial score (nSPS) is 9.91. The van der Waals surface area contributed by atoms with E-state index >= 15 is 0 Å². The van der Waals surface area contributed by atoms with Crippen LogP contribution in [0.25, 0.3) is 11.3 Å². The van der Waals surface area contributed by atoms with E-state index in [0.717, 1.165) is 33.5 Å². The fraction of sp³-hybridized carbons (Fsp3) is 0.125. The number of nitrogens with one attached hydrogen (secondary N) is 1. The molecule has 3 rings (SSSR count). The lowest BCUT2D eigenvalue weighted by atomic mass is 10.2. The highest BCUT2D eigenvalue weighted by atomic mass is 35.5. The highest BCUT2D eigenvalue weighted by Gasteiger charge is 2.05. The van der Waals surface area contributed by atoms with Gasteiger partial charge in [-0.3, -0.25) is 0 Å². The van der Waals surface area contributed by atoms with Crippen molar-refractivity contribution in [3.8, 4) is 17.0 Å². The van der Waals surface area contributed by atoms with Gasteiger partial charge in [-0.2, -0.15) is 0 Å². The molecule has 0 bridgehead atoms. The van der Waals surface area contributed by atoms with Crippen LogP contribution in [0, 0.1) is 6.92 Å². The minimum absolute atomic E-state index is 0. The Kier molecular flexibility index (Phi) is 5.35. The summed E-state index contributed by atoms with van der Waals surface area (Å²) in [7, 11) is 1.66. The van der Waals surface area contributed by atoms with E-state index in [1.165, 1.54) is 0 Å². The van der Waals surface area contributed by atoms with Gasteiger partial charge in [-0.1, -0.05) is 6.07 Å². The topological polar surface area (TPSA) is 47.0 Å². The Morgan fingerprint density at radius 2 is 1.86 bits per heavy atom. The summed E-state index contributed by atoms with van der Waals surface area (Å²) in [5, 5.41) is 6.07. The van der Waals surface area contributed by atoms with Crippen molar-refractivity contribution >= 4 is 34.7 Å². The lowest BCUT2D eigenvalue weighted by molar-refractivity contribution is 0.415. The number of halogens is 1. The maximum absolute atomic E-state index is 5.16. The maximum Gasteiger partial charge on any atom is 0.188 e. The van der Waals surface area contributed by atoms with Crippen LogP contribution in [0.5, 0.6) is 5.75 Å². The molecule has 0 unspecified atom stereocenters. The van der Waals surface area contributed by atoms with E-state index in [-0.39, 0.29) is 12.4 Å². The Labute approximate surface area is 139 Å². The highest BCUT2D eigenvalue weighted by molar-refractivity contribution is 7.14. The van der Waals surface area contributed by atoms with E-state index in [9.17, 15) is 0 Å². The largest absolute Gasteiger partial charge is 0.497 e. The summed E-state index contributed by atoms with van der Waals surface area (Å²) < 4.78 is 5.16. The van der Waals surface area contributed by atoms with Crippen LogP contribution in [0.1, 0.15) is 5.56 Å². The zero-order chi connectivity index (χ0) is 14.7. The summed E-state index contributed by atoms with van der Waals surface area (Å²) in [6, 6.07) is 11.8. The Balaban J connectivity index is 0.00000176. The van der Waals surface area contributed by atoms with Gasteiger partial charge >= 0.3 is 0 Å². The molecular weight excluding hydrogens is 318 g/mol. The van der Waals surface area contributed by atoms with Crippen LogP contribution >= 0.6 is 23.7 Å². The molecular formula is C16H16ClN3OS. The number of anilines is 2. The van der Waals surface area contributed by atoms with Gasteiger partial charge in [-0.05, 0) is 42.8 Å². The molecule has 114 valence electrons. The fourth-order valence-corrected chi connectivity index (χ4v) is 2.60. The van der Waals surface area contributed by atoms with Crippen molar-refractivity contribution in [2.75, 3.05) is 12.4 Å². The first-order valence-electron chi connectivity index (χ1n) is 6.54. The molecule has 2 heterocycles. The number of hydrogen-bond donors (Lipinski definition) is 1. The molecule has 0 atom stereocenters. The lowest BCUT2D eigenvalue weighted by Gasteiger charge is -2.02. The van der Waals surface area contributed by atoms with Gasteiger partial charge in [0.05, 0.1) is 12.8 Å². The van der Waals surface area contributed by atoms with E-state index in [2.05, 4.69) is 15.3 Å². The number of aryl methyl sites for hydroxylation is 1. The van der Waals surface area contributed by atoms with Crippen molar-refractivity contribution < 1.29 is 4.74 Å². The zero-order valence-electron chi connectivity index (χ0n) is 12.2. The number of pyridine rings is 1. The molecule has 4 nitrogen and oxygen atoms in total. The van der Waals surface area contributed by atoms with Crippen LogP contribution in [-0.2, 0) is 0 Å². The first-order valence-corrected chi connectivity index (χ1v) is 7.42. The quantitative estimate of drug-likeness (QED) is 0.752. The van der Waals surface area contributed by atoms with Gasteiger partial charge < -0.3 is 10.1 Å². The van der Waals surface area contributed by atoms with Gasteiger partial charge in [0.15, 0.2) is 5.13 Å². The molecule has 3 aromatic rings. The monoisotopic (exact) mass is 333 g/mol. The Hall–Kier alpha value is -2.11. The van der Waals surface area contributed by atoms with Crippen LogP contribution in [0.15, 0.2) is 48.0 Å². The van der Waals surface area contributed by atoms with E-state index in [1.807, 2.05) is 54.9 Å². The first kappa shape index (κ1) is 16.3. The van der Waals surface area contributed by atoms with E-state index in [4.69, 9.17) is 4.74 Å². The van der Waals surface area contributed by atoms with Crippen molar-refractivity contribution in [1.29, 1.82) is 0 Å². The molecule has 0 spiro atoms. The summed E-state index contributed by atoms with van der Waals surface area (Å²) in [5.74, 6) is 1.65. The Morgan fingerprint density at radius 3 is 2.50 bits per heavy atom. The average Bonchev–Trinajstić information content (AvgIpc) is 2.98. The van der Waals surface area contributed by atoms with Crippen LogP contribution in [0.4, 0.5) is 10.9 Å². The molecule has 0 aliphatic heterocycles. The van der Waals surface area contributed by atoms with Crippen molar-refractivity contribution in [1.82, 2.24) is 9.97 Å². The van der Waals surface area contributed by atoms with Gasteiger partial charge in [0, 0.05) is 17.1 Å². The average molecular weight is 334 g/mol. The molecule has 0 radical (unpaired) electrons. The van der Waals surface area contributed by atoms with Crippen LogP contribution in [0.2, 0.25) is 0 Å². The molecule has 1 N–H and O–H groups in total. The van der Waals surface area contributed by atoms with Crippen LogP contribution < -0.4 is 10.1 Å².